The first kappa shape index (κ1) is 8.72. The highest BCUT2D eigenvalue weighted by atomic mass is 32.1. The van der Waals surface area contributed by atoms with E-state index in [0.29, 0.717) is 17.4 Å². The van der Waals surface area contributed by atoms with Crippen LogP contribution in [0.25, 0.3) is 0 Å². The highest BCUT2D eigenvalue weighted by Gasteiger charge is 2.18. The molecule has 0 saturated heterocycles. The monoisotopic (exact) mass is 197 g/mol. The summed E-state index contributed by atoms with van der Waals surface area (Å²) < 4.78 is 5.34. The summed E-state index contributed by atoms with van der Waals surface area (Å²) in [5.41, 5.74) is 0. The van der Waals surface area contributed by atoms with Crippen molar-refractivity contribution >= 4 is 11.3 Å². The largest absolute Gasteiger partial charge is 0.495 e. The summed E-state index contributed by atoms with van der Waals surface area (Å²) in [6.45, 7) is 0.703. The molecule has 1 aliphatic heterocycles. The molecule has 2 heterocycles. The zero-order valence-corrected chi connectivity index (χ0v) is 7.96. The van der Waals surface area contributed by atoms with Crippen LogP contribution in [-0.4, -0.2) is 16.7 Å². The van der Waals surface area contributed by atoms with Gasteiger partial charge in [0.1, 0.15) is 10.8 Å². The minimum absolute atomic E-state index is 0.654. The normalized spacial score (nSPS) is 19.0. The Hall–Kier alpha value is -0.870. The second kappa shape index (κ2) is 3.89. The second-order valence-electron chi connectivity index (χ2n) is 2.87. The molecule has 1 aromatic heterocycles. The molecule has 0 amide bonds. The van der Waals surface area contributed by atoms with Gasteiger partial charge in [-0.05, 0) is 18.9 Å². The number of thiazole rings is 1. The Bertz CT molecular complexity index is 295. The van der Waals surface area contributed by atoms with Gasteiger partial charge in [-0.25, -0.2) is 4.98 Å². The predicted molar refractivity (Wildman–Crippen MR) is 50.3 cm³/mol. The van der Waals surface area contributed by atoms with E-state index >= 15 is 0 Å². The van der Waals surface area contributed by atoms with Crippen molar-refractivity contribution in [1.29, 1.82) is 0 Å². The average molecular weight is 197 g/mol. The van der Waals surface area contributed by atoms with Gasteiger partial charge in [-0.2, -0.15) is 0 Å². The molecular weight excluding hydrogens is 186 g/mol. The zero-order valence-electron chi connectivity index (χ0n) is 7.14. The maximum Gasteiger partial charge on any atom is 0.162 e. The first-order valence-electron chi connectivity index (χ1n) is 4.28. The lowest BCUT2D eigenvalue weighted by atomic mass is 10.2. The van der Waals surface area contributed by atoms with Gasteiger partial charge in [0.25, 0.3) is 0 Å². The van der Waals surface area contributed by atoms with Crippen LogP contribution in [0.3, 0.4) is 0 Å². The number of aliphatic hydroxyl groups excluding tert-OH is 1. The van der Waals surface area contributed by atoms with Gasteiger partial charge in [-0.1, -0.05) is 0 Å². The average Bonchev–Trinajstić information content (AvgIpc) is 2.71. The first-order valence-corrected chi connectivity index (χ1v) is 5.16. The molecule has 0 aromatic carbocycles. The van der Waals surface area contributed by atoms with Crippen molar-refractivity contribution < 1.29 is 9.84 Å². The maximum absolute atomic E-state index is 9.79. The number of hydrogen-bond acceptors (Lipinski definition) is 4. The van der Waals surface area contributed by atoms with E-state index in [2.05, 4.69) is 4.98 Å². The summed E-state index contributed by atoms with van der Waals surface area (Å²) in [6, 6.07) is 0. The van der Waals surface area contributed by atoms with Gasteiger partial charge >= 0.3 is 0 Å². The van der Waals surface area contributed by atoms with Gasteiger partial charge in [0.2, 0.25) is 0 Å². The third-order valence-electron chi connectivity index (χ3n) is 1.92. The number of aliphatic hydroxyl groups is 1. The topological polar surface area (TPSA) is 42.4 Å². The Morgan fingerprint density at radius 3 is 3.15 bits per heavy atom. The molecule has 1 N–H and O–H groups in total. The quantitative estimate of drug-likeness (QED) is 0.787. The van der Waals surface area contributed by atoms with Crippen LogP contribution in [-0.2, 0) is 4.74 Å². The van der Waals surface area contributed by atoms with Crippen molar-refractivity contribution in [3.63, 3.8) is 0 Å². The van der Waals surface area contributed by atoms with Gasteiger partial charge < -0.3 is 9.84 Å². The molecule has 0 saturated carbocycles. The van der Waals surface area contributed by atoms with Gasteiger partial charge in [0, 0.05) is 11.6 Å². The van der Waals surface area contributed by atoms with Crippen LogP contribution in [0.4, 0.5) is 0 Å². The van der Waals surface area contributed by atoms with E-state index < -0.39 is 6.10 Å². The summed E-state index contributed by atoms with van der Waals surface area (Å²) in [6.07, 6.45) is 4.98. The number of nitrogens with zero attached hydrogens (tertiary/aromatic N) is 1. The fourth-order valence-corrected chi connectivity index (χ4v) is 1.89. The number of hydrogen-bond donors (Lipinski definition) is 1. The number of ether oxygens (including phenoxy) is 1. The van der Waals surface area contributed by atoms with Crippen LogP contribution in [0.5, 0.6) is 0 Å². The zero-order chi connectivity index (χ0) is 9.10. The molecule has 3 nitrogen and oxygen atoms in total. The van der Waals surface area contributed by atoms with Gasteiger partial charge in [-0.3, -0.25) is 0 Å². The van der Waals surface area contributed by atoms with Crippen LogP contribution in [0, 0.1) is 0 Å². The van der Waals surface area contributed by atoms with Gasteiger partial charge in [0.15, 0.2) is 6.10 Å². The summed E-state index contributed by atoms with van der Waals surface area (Å²) in [5.74, 6) is 0.654. The van der Waals surface area contributed by atoms with E-state index in [-0.39, 0.29) is 0 Å². The van der Waals surface area contributed by atoms with Crippen molar-refractivity contribution in [2.24, 2.45) is 0 Å². The molecule has 4 heteroatoms. The fourth-order valence-electron chi connectivity index (χ4n) is 1.26. The molecule has 0 aliphatic carbocycles. The van der Waals surface area contributed by atoms with Crippen molar-refractivity contribution in [3.8, 4) is 0 Å². The maximum atomic E-state index is 9.79. The molecule has 0 bridgehead atoms. The van der Waals surface area contributed by atoms with Crippen molar-refractivity contribution in [1.82, 2.24) is 4.98 Å². The van der Waals surface area contributed by atoms with Crippen LogP contribution >= 0.6 is 11.3 Å². The second-order valence-corrected chi connectivity index (χ2v) is 3.80. The van der Waals surface area contributed by atoms with Crippen LogP contribution in [0.15, 0.2) is 23.4 Å². The third kappa shape index (κ3) is 1.89. The molecule has 0 fully saturated rings. The molecule has 1 aliphatic rings. The minimum Gasteiger partial charge on any atom is -0.495 e. The molecule has 70 valence electrons. The minimum atomic E-state index is -0.666. The molecule has 0 radical (unpaired) electrons. The molecule has 1 aromatic rings. The molecular formula is C9H11NO2S. The Morgan fingerprint density at radius 2 is 2.54 bits per heavy atom. The van der Waals surface area contributed by atoms with E-state index in [9.17, 15) is 5.11 Å². The molecule has 1 unspecified atom stereocenters. The molecule has 0 spiro atoms. The number of allylic oxidation sites excluding steroid dienone is 1. The summed E-state index contributed by atoms with van der Waals surface area (Å²) in [4.78, 5) is 4.04. The predicted octanol–water partition coefficient (Wildman–Crippen LogP) is 1.87. The standard InChI is InChI=1S/C9H11NO2S/c11-8(9-10-4-6-13-9)7-3-1-2-5-12-7/h3-4,6,8,11H,1-2,5H2. The van der Waals surface area contributed by atoms with E-state index in [1.807, 2.05) is 11.5 Å². The highest BCUT2D eigenvalue weighted by Crippen LogP contribution is 2.26. The van der Waals surface area contributed by atoms with Crippen LogP contribution < -0.4 is 0 Å². The lowest BCUT2D eigenvalue weighted by molar-refractivity contribution is 0.0916. The van der Waals surface area contributed by atoms with Crippen molar-refractivity contribution in [2.75, 3.05) is 6.61 Å². The number of aromatic nitrogens is 1. The Morgan fingerprint density at radius 1 is 1.62 bits per heavy atom. The lowest BCUT2D eigenvalue weighted by Crippen LogP contribution is -2.09. The Kier molecular flexibility index (Phi) is 2.61. The van der Waals surface area contributed by atoms with Gasteiger partial charge in [-0.15, -0.1) is 11.3 Å². The smallest absolute Gasteiger partial charge is 0.162 e. The van der Waals surface area contributed by atoms with Crippen LogP contribution in [0.1, 0.15) is 24.0 Å². The molecule has 2 rings (SSSR count). The number of rotatable bonds is 2. The van der Waals surface area contributed by atoms with Gasteiger partial charge in [0.05, 0.1) is 6.61 Å². The summed E-state index contributed by atoms with van der Waals surface area (Å²) >= 11 is 1.44. The SMILES string of the molecule is OC(C1=CCCCO1)c1nccs1. The Balaban J connectivity index is 2.12. The van der Waals surface area contributed by atoms with E-state index in [1.54, 1.807) is 6.20 Å². The summed E-state index contributed by atoms with van der Waals surface area (Å²) in [5, 5.41) is 12.3. The fraction of sp³-hybridized carbons (Fsp3) is 0.444. The van der Waals surface area contributed by atoms with Crippen molar-refractivity contribution in [3.05, 3.63) is 28.4 Å². The third-order valence-corrected chi connectivity index (χ3v) is 2.75. The lowest BCUT2D eigenvalue weighted by Gasteiger charge is -2.17. The van der Waals surface area contributed by atoms with E-state index in [1.165, 1.54) is 11.3 Å². The van der Waals surface area contributed by atoms with E-state index in [4.69, 9.17) is 4.74 Å². The van der Waals surface area contributed by atoms with E-state index in [0.717, 1.165) is 12.8 Å². The first-order chi connectivity index (χ1) is 6.38. The summed E-state index contributed by atoms with van der Waals surface area (Å²) in [7, 11) is 0. The highest BCUT2D eigenvalue weighted by molar-refractivity contribution is 7.09. The molecule has 13 heavy (non-hydrogen) atoms. The van der Waals surface area contributed by atoms with Crippen LogP contribution in [0.2, 0.25) is 0 Å². The Labute approximate surface area is 80.7 Å². The molecule has 1 atom stereocenters. The van der Waals surface area contributed by atoms with Crippen molar-refractivity contribution in [2.45, 2.75) is 18.9 Å².